The zero-order valence-corrected chi connectivity index (χ0v) is 12.9. The van der Waals surface area contributed by atoms with Crippen molar-refractivity contribution in [3.05, 3.63) is 78.5 Å². The molecule has 0 saturated heterocycles. The molecule has 0 unspecified atom stereocenters. The standard InChI is InChI=1S/C22H15N/c1-14-10-17-13-23-21-12-16-7-3-2-6-15(16)11-20(21)22(17)19-9-5-4-8-18(14)19/h2-13H,1H3. The van der Waals surface area contributed by atoms with Gasteiger partial charge in [0, 0.05) is 22.4 Å². The van der Waals surface area contributed by atoms with Crippen LogP contribution in [-0.2, 0) is 0 Å². The van der Waals surface area contributed by atoms with Crippen LogP contribution in [0.25, 0.3) is 43.2 Å². The van der Waals surface area contributed by atoms with Crippen LogP contribution in [0.5, 0.6) is 0 Å². The zero-order chi connectivity index (χ0) is 15.4. The maximum Gasteiger partial charge on any atom is 0.0715 e. The molecule has 0 aliphatic carbocycles. The molecule has 1 heteroatoms. The van der Waals surface area contributed by atoms with Crippen molar-refractivity contribution in [1.29, 1.82) is 0 Å². The fourth-order valence-corrected chi connectivity index (χ4v) is 3.66. The van der Waals surface area contributed by atoms with Crippen molar-refractivity contribution >= 4 is 43.2 Å². The summed E-state index contributed by atoms with van der Waals surface area (Å²) in [5.74, 6) is 0. The van der Waals surface area contributed by atoms with Crippen LogP contribution in [0.15, 0.2) is 72.9 Å². The predicted octanol–water partition coefficient (Wildman–Crippen LogP) is 6.00. The Hall–Kier alpha value is -2.93. The Morgan fingerprint density at radius 2 is 1.35 bits per heavy atom. The van der Waals surface area contributed by atoms with Crippen LogP contribution in [0.2, 0.25) is 0 Å². The Balaban J connectivity index is 2.10. The summed E-state index contributed by atoms with van der Waals surface area (Å²) in [5.41, 5.74) is 2.36. The number of hydrogen-bond donors (Lipinski definition) is 0. The van der Waals surface area contributed by atoms with Crippen molar-refractivity contribution in [1.82, 2.24) is 4.98 Å². The highest BCUT2D eigenvalue weighted by atomic mass is 14.6. The van der Waals surface area contributed by atoms with Gasteiger partial charge >= 0.3 is 0 Å². The minimum atomic E-state index is 1.06. The van der Waals surface area contributed by atoms with Crippen molar-refractivity contribution in [2.45, 2.75) is 6.92 Å². The van der Waals surface area contributed by atoms with Gasteiger partial charge in [0.1, 0.15) is 0 Å². The maximum atomic E-state index is 4.71. The summed E-state index contributed by atoms with van der Waals surface area (Å²) in [4.78, 5) is 4.71. The minimum absolute atomic E-state index is 1.06. The molecule has 0 fully saturated rings. The summed E-state index contributed by atoms with van der Waals surface area (Å²) in [7, 11) is 0. The molecule has 0 saturated carbocycles. The topological polar surface area (TPSA) is 12.9 Å². The third-order valence-corrected chi connectivity index (χ3v) is 4.76. The lowest BCUT2D eigenvalue weighted by molar-refractivity contribution is 1.44. The lowest BCUT2D eigenvalue weighted by atomic mass is 9.95. The first-order valence-electron chi connectivity index (χ1n) is 7.91. The molecule has 23 heavy (non-hydrogen) atoms. The predicted molar refractivity (Wildman–Crippen MR) is 99.0 cm³/mol. The van der Waals surface area contributed by atoms with E-state index in [9.17, 15) is 0 Å². The first kappa shape index (κ1) is 12.6. The van der Waals surface area contributed by atoms with E-state index in [0.29, 0.717) is 0 Å². The minimum Gasteiger partial charge on any atom is -0.256 e. The highest BCUT2D eigenvalue weighted by Crippen LogP contribution is 2.34. The maximum absolute atomic E-state index is 4.71. The molecule has 5 aromatic rings. The summed E-state index contributed by atoms with van der Waals surface area (Å²) >= 11 is 0. The molecule has 0 aliphatic heterocycles. The second kappa shape index (κ2) is 4.53. The summed E-state index contributed by atoms with van der Waals surface area (Å²) in [6.07, 6.45) is 2.01. The van der Waals surface area contributed by atoms with Crippen molar-refractivity contribution < 1.29 is 0 Å². The van der Waals surface area contributed by atoms with E-state index in [4.69, 9.17) is 4.98 Å². The molecule has 4 aromatic carbocycles. The third-order valence-electron chi connectivity index (χ3n) is 4.76. The first-order valence-corrected chi connectivity index (χ1v) is 7.91. The summed E-state index contributed by atoms with van der Waals surface area (Å²) in [6, 6.07) is 23.9. The van der Waals surface area contributed by atoms with Gasteiger partial charge < -0.3 is 0 Å². The fraction of sp³-hybridized carbons (Fsp3) is 0.0455. The zero-order valence-electron chi connectivity index (χ0n) is 12.9. The second-order valence-electron chi connectivity index (χ2n) is 6.18. The van der Waals surface area contributed by atoms with Gasteiger partial charge in [-0.05, 0) is 52.2 Å². The van der Waals surface area contributed by atoms with E-state index in [0.717, 1.165) is 5.52 Å². The largest absolute Gasteiger partial charge is 0.256 e. The fourth-order valence-electron chi connectivity index (χ4n) is 3.66. The van der Waals surface area contributed by atoms with Crippen LogP contribution in [0, 0.1) is 6.92 Å². The molecule has 0 spiro atoms. The molecule has 1 heterocycles. The Bertz CT molecular complexity index is 1220. The van der Waals surface area contributed by atoms with E-state index in [2.05, 4.69) is 73.7 Å². The van der Waals surface area contributed by atoms with Gasteiger partial charge in [0.2, 0.25) is 0 Å². The molecule has 0 N–H and O–H groups in total. The summed E-state index contributed by atoms with van der Waals surface area (Å²) in [5, 5.41) is 8.89. The smallest absolute Gasteiger partial charge is 0.0715 e. The molecular weight excluding hydrogens is 278 g/mol. The Morgan fingerprint density at radius 3 is 2.17 bits per heavy atom. The van der Waals surface area contributed by atoms with Gasteiger partial charge in [-0.25, -0.2) is 0 Å². The highest BCUT2D eigenvalue weighted by molar-refractivity contribution is 6.21. The molecule has 0 aliphatic rings. The van der Waals surface area contributed by atoms with Crippen LogP contribution in [-0.4, -0.2) is 4.98 Å². The van der Waals surface area contributed by atoms with E-state index >= 15 is 0 Å². The van der Waals surface area contributed by atoms with Crippen LogP contribution >= 0.6 is 0 Å². The first-order chi connectivity index (χ1) is 11.3. The normalized spacial score (nSPS) is 11.7. The van der Waals surface area contributed by atoms with E-state index in [1.54, 1.807) is 0 Å². The van der Waals surface area contributed by atoms with Crippen LogP contribution < -0.4 is 0 Å². The van der Waals surface area contributed by atoms with Gasteiger partial charge in [0.25, 0.3) is 0 Å². The number of benzene rings is 4. The molecule has 1 aromatic heterocycles. The molecule has 5 rings (SSSR count). The van der Waals surface area contributed by atoms with Gasteiger partial charge in [-0.3, -0.25) is 4.98 Å². The van der Waals surface area contributed by atoms with Crippen LogP contribution in [0.3, 0.4) is 0 Å². The lowest BCUT2D eigenvalue weighted by Crippen LogP contribution is -1.87. The number of hydrogen-bond acceptors (Lipinski definition) is 1. The number of pyridine rings is 1. The van der Waals surface area contributed by atoms with E-state index in [1.165, 1.54) is 43.3 Å². The monoisotopic (exact) mass is 293 g/mol. The quantitative estimate of drug-likeness (QED) is 0.252. The Morgan fingerprint density at radius 1 is 0.652 bits per heavy atom. The molecular formula is C22H15N. The number of nitrogens with zero attached hydrogens (tertiary/aromatic N) is 1. The van der Waals surface area contributed by atoms with Gasteiger partial charge in [-0.15, -0.1) is 0 Å². The number of rotatable bonds is 0. The summed E-state index contributed by atoms with van der Waals surface area (Å²) < 4.78 is 0. The van der Waals surface area contributed by atoms with Gasteiger partial charge in [-0.2, -0.15) is 0 Å². The highest BCUT2D eigenvalue weighted by Gasteiger charge is 2.09. The molecule has 108 valence electrons. The molecule has 0 atom stereocenters. The SMILES string of the molecule is Cc1cc2cnc3cc4ccccc4cc3c2c2ccccc12. The second-order valence-corrected chi connectivity index (χ2v) is 6.18. The number of aryl methyl sites for hydroxylation is 1. The lowest BCUT2D eigenvalue weighted by Gasteiger charge is -2.11. The van der Waals surface area contributed by atoms with Crippen LogP contribution in [0.1, 0.15) is 5.56 Å². The Kier molecular flexibility index (Phi) is 2.48. The molecule has 1 nitrogen and oxygen atoms in total. The molecule has 0 radical (unpaired) electrons. The molecule has 0 bridgehead atoms. The van der Waals surface area contributed by atoms with Crippen molar-refractivity contribution in [3.63, 3.8) is 0 Å². The van der Waals surface area contributed by atoms with E-state index in [1.807, 2.05) is 6.20 Å². The Labute approximate surface area is 134 Å². The number of fused-ring (bicyclic) bond motifs is 6. The van der Waals surface area contributed by atoms with E-state index in [-0.39, 0.29) is 0 Å². The van der Waals surface area contributed by atoms with Gasteiger partial charge in [0.05, 0.1) is 5.52 Å². The average Bonchev–Trinajstić information content (AvgIpc) is 2.60. The van der Waals surface area contributed by atoms with Crippen molar-refractivity contribution in [2.75, 3.05) is 0 Å². The van der Waals surface area contributed by atoms with Crippen LogP contribution in [0.4, 0.5) is 0 Å². The van der Waals surface area contributed by atoms with E-state index < -0.39 is 0 Å². The van der Waals surface area contributed by atoms with Crippen molar-refractivity contribution in [3.8, 4) is 0 Å². The number of aromatic nitrogens is 1. The van der Waals surface area contributed by atoms with Crippen molar-refractivity contribution in [2.24, 2.45) is 0 Å². The molecule has 0 amide bonds. The van der Waals surface area contributed by atoms with Gasteiger partial charge in [0.15, 0.2) is 0 Å². The average molecular weight is 293 g/mol. The van der Waals surface area contributed by atoms with Gasteiger partial charge in [-0.1, -0.05) is 48.5 Å². The third kappa shape index (κ3) is 1.77. The summed E-state index contributed by atoms with van der Waals surface area (Å²) in [6.45, 7) is 2.17.